The number of rotatable bonds is 5. The Morgan fingerprint density at radius 1 is 1.22 bits per heavy atom. The fourth-order valence-electron chi connectivity index (χ4n) is 3.67. The van der Waals surface area contributed by atoms with Crippen molar-refractivity contribution >= 4 is 27.5 Å². The van der Waals surface area contributed by atoms with Crippen LogP contribution in [0, 0.1) is 5.82 Å². The summed E-state index contributed by atoms with van der Waals surface area (Å²) in [7, 11) is 1.81. The molecule has 0 radical (unpaired) electrons. The highest BCUT2D eigenvalue weighted by molar-refractivity contribution is 7.17. The molecule has 7 nitrogen and oxygen atoms in total. The van der Waals surface area contributed by atoms with Gasteiger partial charge in [0.05, 0.1) is 16.4 Å². The number of thiophene rings is 1. The molecule has 5 rings (SSSR count). The molecule has 1 amide bonds. The first kappa shape index (κ1) is 20.6. The zero-order chi connectivity index (χ0) is 22.1. The minimum absolute atomic E-state index is 0.0538. The van der Waals surface area contributed by atoms with Gasteiger partial charge in [0.25, 0.3) is 5.91 Å². The van der Waals surface area contributed by atoms with Gasteiger partial charge in [-0.3, -0.25) is 9.48 Å². The van der Waals surface area contributed by atoms with Crippen molar-refractivity contribution in [3.05, 3.63) is 59.6 Å². The van der Waals surface area contributed by atoms with Crippen LogP contribution in [0.1, 0.15) is 23.3 Å². The van der Waals surface area contributed by atoms with E-state index in [2.05, 4.69) is 15.4 Å². The van der Waals surface area contributed by atoms with Crippen LogP contribution >= 0.6 is 11.3 Å². The Kier molecular flexibility index (Phi) is 5.59. The lowest BCUT2D eigenvalue weighted by atomic mass is 10.1. The first-order valence-electron chi connectivity index (χ1n) is 10.3. The summed E-state index contributed by atoms with van der Waals surface area (Å²) in [6.45, 7) is 1.26. The molecule has 4 heterocycles. The third kappa shape index (κ3) is 4.21. The number of pyridine rings is 1. The van der Waals surface area contributed by atoms with Gasteiger partial charge in [-0.05, 0) is 42.0 Å². The molecule has 1 N–H and O–H groups in total. The Morgan fingerprint density at radius 3 is 2.81 bits per heavy atom. The first-order chi connectivity index (χ1) is 15.6. The van der Waals surface area contributed by atoms with Crippen LogP contribution in [0.2, 0.25) is 0 Å². The molecule has 1 aromatic carbocycles. The number of aromatic nitrogens is 3. The van der Waals surface area contributed by atoms with Gasteiger partial charge in [-0.25, -0.2) is 9.37 Å². The number of halogens is 1. The van der Waals surface area contributed by atoms with Crippen molar-refractivity contribution in [2.45, 2.75) is 18.9 Å². The minimum Gasteiger partial charge on any atom is -0.453 e. The zero-order valence-electron chi connectivity index (χ0n) is 17.4. The molecule has 1 fully saturated rings. The smallest absolute Gasteiger partial charge is 0.270 e. The Hall–Kier alpha value is -3.30. The predicted octanol–water partition coefficient (Wildman–Crippen LogP) is 4.54. The van der Waals surface area contributed by atoms with Crippen molar-refractivity contribution in [3.8, 4) is 22.6 Å². The highest BCUT2D eigenvalue weighted by Crippen LogP contribution is 2.35. The minimum atomic E-state index is -0.499. The van der Waals surface area contributed by atoms with E-state index < -0.39 is 5.82 Å². The van der Waals surface area contributed by atoms with Gasteiger partial charge in [0, 0.05) is 44.1 Å². The van der Waals surface area contributed by atoms with Gasteiger partial charge in [0.1, 0.15) is 11.4 Å². The molecule has 0 unspecified atom stereocenters. The molecule has 32 heavy (non-hydrogen) atoms. The van der Waals surface area contributed by atoms with Gasteiger partial charge >= 0.3 is 0 Å². The Balaban J connectivity index is 1.42. The van der Waals surface area contributed by atoms with Gasteiger partial charge in [-0.2, -0.15) is 5.10 Å². The number of fused-ring (bicyclic) bond motifs is 1. The summed E-state index contributed by atoms with van der Waals surface area (Å²) in [5, 5.41) is 9.00. The number of amides is 1. The number of carbonyl (C=O) groups excluding carboxylic acids is 1. The quantitative estimate of drug-likeness (QED) is 0.481. The molecule has 1 aliphatic heterocycles. The monoisotopic (exact) mass is 452 g/mol. The highest BCUT2D eigenvalue weighted by Gasteiger charge is 2.20. The third-order valence-corrected chi connectivity index (χ3v) is 6.27. The summed E-state index contributed by atoms with van der Waals surface area (Å²) in [5.74, 6) is -0.298. The van der Waals surface area contributed by atoms with Crippen LogP contribution in [0.5, 0.6) is 11.5 Å². The summed E-state index contributed by atoms with van der Waals surface area (Å²) in [6, 6.07) is 8.22. The number of hydrogen-bond acceptors (Lipinski definition) is 6. The van der Waals surface area contributed by atoms with E-state index in [9.17, 15) is 9.18 Å². The molecule has 3 aromatic heterocycles. The van der Waals surface area contributed by atoms with Crippen molar-refractivity contribution in [3.63, 3.8) is 0 Å². The maximum absolute atomic E-state index is 14.9. The molecule has 0 saturated carbocycles. The molecule has 9 heteroatoms. The molecule has 0 spiro atoms. The Bertz CT molecular complexity index is 1280. The van der Waals surface area contributed by atoms with Crippen LogP contribution in [0.25, 0.3) is 21.3 Å². The lowest BCUT2D eigenvalue weighted by molar-refractivity contribution is 0.0694. The molecular weight excluding hydrogens is 431 g/mol. The SMILES string of the molecule is Cn1cc(-c2ccc(Oc3cc(C(=O)NC4CCOCC4)nc4ccsc34)c(F)c2)cn1. The summed E-state index contributed by atoms with van der Waals surface area (Å²) < 4.78 is 28.6. The van der Waals surface area contributed by atoms with Gasteiger partial charge in [-0.15, -0.1) is 11.3 Å². The molecule has 1 aliphatic rings. The second-order valence-corrected chi connectivity index (χ2v) is 8.57. The zero-order valence-corrected chi connectivity index (χ0v) is 18.2. The second-order valence-electron chi connectivity index (χ2n) is 7.65. The highest BCUT2D eigenvalue weighted by atomic mass is 32.1. The normalized spacial score (nSPS) is 14.6. The van der Waals surface area contributed by atoms with Crippen LogP contribution in [-0.4, -0.2) is 39.9 Å². The number of carbonyl (C=O) groups is 1. The number of nitrogens with one attached hydrogen (secondary N) is 1. The third-order valence-electron chi connectivity index (χ3n) is 5.36. The number of nitrogens with zero attached hydrogens (tertiary/aromatic N) is 3. The van der Waals surface area contributed by atoms with E-state index in [1.54, 1.807) is 29.1 Å². The largest absolute Gasteiger partial charge is 0.453 e. The fraction of sp³-hybridized carbons (Fsp3) is 0.261. The second kappa shape index (κ2) is 8.68. The average Bonchev–Trinajstić information content (AvgIpc) is 3.45. The van der Waals surface area contributed by atoms with Crippen molar-refractivity contribution < 1.29 is 18.7 Å². The van der Waals surface area contributed by atoms with Crippen molar-refractivity contribution in [2.24, 2.45) is 7.05 Å². The van der Waals surface area contributed by atoms with Crippen molar-refractivity contribution in [2.75, 3.05) is 13.2 Å². The maximum atomic E-state index is 14.9. The van der Waals surface area contributed by atoms with Crippen LogP contribution in [0.4, 0.5) is 4.39 Å². The van der Waals surface area contributed by atoms with Crippen molar-refractivity contribution in [1.82, 2.24) is 20.1 Å². The fourth-order valence-corrected chi connectivity index (χ4v) is 4.46. The van der Waals surface area contributed by atoms with Crippen molar-refractivity contribution in [1.29, 1.82) is 0 Å². The van der Waals surface area contributed by atoms with Gasteiger partial charge in [0.2, 0.25) is 0 Å². The van der Waals surface area contributed by atoms with Gasteiger partial charge < -0.3 is 14.8 Å². The topological polar surface area (TPSA) is 78.3 Å². The lowest BCUT2D eigenvalue weighted by Crippen LogP contribution is -2.39. The molecule has 0 atom stereocenters. The first-order valence-corrected chi connectivity index (χ1v) is 11.2. The number of ether oxygens (including phenoxy) is 2. The molecule has 0 aliphatic carbocycles. The summed E-state index contributed by atoms with van der Waals surface area (Å²) >= 11 is 1.43. The standard InChI is InChI=1S/C23H21FN4O3S/c1-28-13-15(12-25-28)14-2-3-20(17(24)10-14)31-21-11-19(27-18-6-9-32-22(18)21)23(29)26-16-4-7-30-8-5-16/h2-3,6,9-13,16H,4-5,7-8H2,1H3,(H,26,29). The predicted molar refractivity (Wildman–Crippen MR) is 120 cm³/mol. The Labute approximate surface area is 187 Å². The van der Waals surface area contributed by atoms with E-state index in [0.29, 0.717) is 30.0 Å². The maximum Gasteiger partial charge on any atom is 0.270 e. The Morgan fingerprint density at radius 2 is 2.06 bits per heavy atom. The molecule has 164 valence electrons. The van der Waals surface area contributed by atoms with Crippen LogP contribution in [-0.2, 0) is 11.8 Å². The van der Waals surface area contributed by atoms with E-state index in [-0.39, 0.29) is 23.4 Å². The summed E-state index contributed by atoms with van der Waals surface area (Å²) in [5.41, 5.74) is 2.40. The van der Waals surface area contributed by atoms with Gasteiger partial charge in [0.15, 0.2) is 11.6 Å². The van der Waals surface area contributed by atoms with E-state index in [0.717, 1.165) is 23.1 Å². The number of benzene rings is 1. The van der Waals surface area contributed by atoms with Crippen LogP contribution in [0.15, 0.2) is 48.1 Å². The van der Waals surface area contributed by atoms with E-state index in [4.69, 9.17) is 9.47 Å². The van der Waals surface area contributed by atoms with Crippen LogP contribution < -0.4 is 10.1 Å². The average molecular weight is 453 g/mol. The van der Waals surface area contributed by atoms with E-state index >= 15 is 0 Å². The van der Waals surface area contributed by atoms with Crippen LogP contribution in [0.3, 0.4) is 0 Å². The summed E-state index contributed by atoms with van der Waals surface area (Å²) in [6.07, 6.45) is 5.03. The lowest BCUT2D eigenvalue weighted by Gasteiger charge is -2.23. The van der Waals surface area contributed by atoms with Gasteiger partial charge in [-0.1, -0.05) is 6.07 Å². The number of aryl methyl sites for hydroxylation is 1. The van der Waals surface area contributed by atoms with E-state index in [1.807, 2.05) is 24.7 Å². The molecule has 0 bridgehead atoms. The molecule has 1 saturated heterocycles. The summed E-state index contributed by atoms with van der Waals surface area (Å²) in [4.78, 5) is 17.3. The molecular formula is C23H21FN4O3S. The molecule has 4 aromatic rings. The van der Waals surface area contributed by atoms with E-state index in [1.165, 1.54) is 17.4 Å². The number of hydrogen-bond donors (Lipinski definition) is 1.